The molecule has 1 heterocycles. The van der Waals surface area contributed by atoms with Crippen molar-refractivity contribution in [2.24, 2.45) is 0 Å². The van der Waals surface area contributed by atoms with Crippen molar-refractivity contribution in [3.8, 4) is 0 Å². The SMILES string of the molecule is CCCN(c1nc2ccccc2cc1CNC)C1CC1. The largest absolute Gasteiger partial charge is 0.353 e. The molecule has 0 aliphatic heterocycles. The molecule has 1 fully saturated rings. The molecule has 0 spiro atoms. The number of anilines is 1. The quantitative estimate of drug-likeness (QED) is 0.872. The molecule has 3 nitrogen and oxygen atoms in total. The van der Waals surface area contributed by atoms with Gasteiger partial charge in [-0.2, -0.15) is 0 Å². The predicted molar refractivity (Wildman–Crippen MR) is 85.2 cm³/mol. The lowest BCUT2D eigenvalue weighted by atomic mass is 10.1. The third-order valence-corrected chi connectivity index (χ3v) is 3.87. The van der Waals surface area contributed by atoms with E-state index in [1.165, 1.54) is 36.0 Å². The second kappa shape index (κ2) is 5.80. The maximum absolute atomic E-state index is 4.96. The van der Waals surface area contributed by atoms with E-state index in [2.05, 4.69) is 47.5 Å². The Morgan fingerprint density at radius 3 is 2.80 bits per heavy atom. The van der Waals surface area contributed by atoms with Gasteiger partial charge < -0.3 is 10.2 Å². The smallest absolute Gasteiger partial charge is 0.134 e. The molecule has 1 aromatic heterocycles. The Balaban J connectivity index is 2.07. The molecule has 1 aliphatic rings. The van der Waals surface area contributed by atoms with Gasteiger partial charge in [-0.1, -0.05) is 25.1 Å². The Labute approximate surface area is 121 Å². The van der Waals surface area contributed by atoms with Crippen LogP contribution in [-0.2, 0) is 6.54 Å². The summed E-state index contributed by atoms with van der Waals surface area (Å²) in [5.41, 5.74) is 2.41. The highest BCUT2D eigenvalue weighted by atomic mass is 15.2. The number of rotatable bonds is 6. The third kappa shape index (κ3) is 2.63. The summed E-state index contributed by atoms with van der Waals surface area (Å²) < 4.78 is 0. The first-order chi connectivity index (χ1) is 9.83. The number of para-hydroxylation sites is 1. The van der Waals surface area contributed by atoms with Crippen molar-refractivity contribution in [1.29, 1.82) is 0 Å². The zero-order valence-electron chi connectivity index (χ0n) is 12.4. The van der Waals surface area contributed by atoms with E-state index in [-0.39, 0.29) is 0 Å². The van der Waals surface area contributed by atoms with Crippen LogP contribution in [-0.4, -0.2) is 24.6 Å². The first-order valence-electron chi connectivity index (χ1n) is 7.63. The monoisotopic (exact) mass is 269 g/mol. The number of hydrogen-bond donors (Lipinski definition) is 1. The number of nitrogens with zero attached hydrogens (tertiary/aromatic N) is 2. The summed E-state index contributed by atoms with van der Waals surface area (Å²) >= 11 is 0. The molecule has 20 heavy (non-hydrogen) atoms. The summed E-state index contributed by atoms with van der Waals surface area (Å²) in [6, 6.07) is 11.4. The molecular weight excluding hydrogens is 246 g/mol. The fraction of sp³-hybridized carbons (Fsp3) is 0.471. The van der Waals surface area contributed by atoms with Gasteiger partial charge >= 0.3 is 0 Å². The van der Waals surface area contributed by atoms with Crippen LogP contribution < -0.4 is 10.2 Å². The summed E-state index contributed by atoms with van der Waals surface area (Å²) in [5, 5.41) is 4.51. The van der Waals surface area contributed by atoms with E-state index in [0.29, 0.717) is 6.04 Å². The first-order valence-corrected chi connectivity index (χ1v) is 7.63. The van der Waals surface area contributed by atoms with Gasteiger partial charge in [-0.15, -0.1) is 0 Å². The van der Waals surface area contributed by atoms with Crippen LogP contribution in [0.15, 0.2) is 30.3 Å². The zero-order chi connectivity index (χ0) is 13.9. The minimum Gasteiger partial charge on any atom is -0.353 e. The molecule has 1 aromatic carbocycles. The molecule has 1 saturated carbocycles. The summed E-state index contributed by atoms with van der Waals surface area (Å²) in [6.07, 6.45) is 3.80. The van der Waals surface area contributed by atoms with Gasteiger partial charge in [0.15, 0.2) is 0 Å². The summed E-state index contributed by atoms with van der Waals surface area (Å²) in [4.78, 5) is 7.47. The molecular formula is C17H23N3. The van der Waals surface area contributed by atoms with Crippen LogP contribution in [0, 0.1) is 0 Å². The van der Waals surface area contributed by atoms with Crippen molar-refractivity contribution < 1.29 is 0 Å². The van der Waals surface area contributed by atoms with Crippen LogP contribution in [0.2, 0.25) is 0 Å². The van der Waals surface area contributed by atoms with E-state index in [4.69, 9.17) is 4.98 Å². The van der Waals surface area contributed by atoms with Crippen molar-refractivity contribution >= 4 is 16.7 Å². The molecule has 3 heteroatoms. The van der Waals surface area contributed by atoms with Crippen molar-refractivity contribution in [2.45, 2.75) is 38.8 Å². The van der Waals surface area contributed by atoms with Gasteiger partial charge in [-0.05, 0) is 38.4 Å². The van der Waals surface area contributed by atoms with Gasteiger partial charge in [0, 0.05) is 30.1 Å². The molecule has 0 saturated heterocycles. The normalized spacial score (nSPS) is 14.7. The fourth-order valence-corrected chi connectivity index (χ4v) is 2.81. The minimum absolute atomic E-state index is 0.708. The number of aromatic nitrogens is 1. The van der Waals surface area contributed by atoms with Crippen LogP contribution in [0.25, 0.3) is 10.9 Å². The molecule has 106 valence electrons. The Morgan fingerprint density at radius 2 is 2.10 bits per heavy atom. The second-order valence-corrected chi connectivity index (χ2v) is 5.62. The van der Waals surface area contributed by atoms with Crippen LogP contribution in [0.1, 0.15) is 31.7 Å². The molecule has 0 atom stereocenters. The number of fused-ring (bicyclic) bond motifs is 1. The van der Waals surface area contributed by atoms with E-state index >= 15 is 0 Å². The number of hydrogen-bond acceptors (Lipinski definition) is 3. The van der Waals surface area contributed by atoms with E-state index in [1.807, 2.05) is 7.05 Å². The summed E-state index contributed by atoms with van der Waals surface area (Å²) in [5.74, 6) is 1.18. The van der Waals surface area contributed by atoms with Gasteiger partial charge in [0.25, 0.3) is 0 Å². The maximum atomic E-state index is 4.96. The Bertz CT molecular complexity index is 590. The van der Waals surface area contributed by atoms with Gasteiger partial charge in [-0.3, -0.25) is 0 Å². The maximum Gasteiger partial charge on any atom is 0.134 e. The molecule has 0 bridgehead atoms. The lowest BCUT2D eigenvalue weighted by molar-refractivity contribution is 0.734. The van der Waals surface area contributed by atoms with E-state index < -0.39 is 0 Å². The Hall–Kier alpha value is -1.61. The molecule has 0 amide bonds. The van der Waals surface area contributed by atoms with E-state index in [0.717, 1.165) is 18.6 Å². The minimum atomic E-state index is 0.708. The number of benzene rings is 1. The van der Waals surface area contributed by atoms with Crippen molar-refractivity contribution in [3.63, 3.8) is 0 Å². The van der Waals surface area contributed by atoms with Crippen molar-refractivity contribution in [1.82, 2.24) is 10.3 Å². The van der Waals surface area contributed by atoms with Crippen LogP contribution in [0.5, 0.6) is 0 Å². The fourth-order valence-electron chi connectivity index (χ4n) is 2.81. The van der Waals surface area contributed by atoms with Crippen molar-refractivity contribution in [3.05, 3.63) is 35.9 Å². The van der Waals surface area contributed by atoms with Crippen LogP contribution >= 0.6 is 0 Å². The highest BCUT2D eigenvalue weighted by Gasteiger charge is 2.30. The molecule has 1 N–H and O–H groups in total. The van der Waals surface area contributed by atoms with Gasteiger partial charge in [0.2, 0.25) is 0 Å². The average Bonchev–Trinajstić information content (AvgIpc) is 3.29. The standard InChI is InChI=1S/C17H23N3/c1-3-10-20(15-8-9-15)17-14(12-18-2)11-13-6-4-5-7-16(13)19-17/h4-7,11,15,18H,3,8-10,12H2,1-2H3. The zero-order valence-corrected chi connectivity index (χ0v) is 12.4. The highest BCUT2D eigenvalue weighted by Crippen LogP contribution is 2.34. The second-order valence-electron chi connectivity index (χ2n) is 5.62. The molecule has 2 aromatic rings. The summed E-state index contributed by atoms with van der Waals surface area (Å²) in [7, 11) is 2.00. The summed E-state index contributed by atoms with van der Waals surface area (Å²) in [6.45, 7) is 4.22. The van der Waals surface area contributed by atoms with Gasteiger partial charge in [-0.25, -0.2) is 4.98 Å². The van der Waals surface area contributed by atoms with Crippen LogP contribution in [0.3, 0.4) is 0 Å². The number of nitrogens with one attached hydrogen (secondary N) is 1. The molecule has 1 aliphatic carbocycles. The Kier molecular flexibility index (Phi) is 3.88. The highest BCUT2D eigenvalue weighted by molar-refractivity contribution is 5.82. The lowest BCUT2D eigenvalue weighted by Crippen LogP contribution is -2.29. The molecule has 3 rings (SSSR count). The molecule has 0 radical (unpaired) electrons. The topological polar surface area (TPSA) is 28.2 Å². The number of pyridine rings is 1. The average molecular weight is 269 g/mol. The van der Waals surface area contributed by atoms with E-state index in [1.54, 1.807) is 0 Å². The third-order valence-electron chi connectivity index (χ3n) is 3.87. The van der Waals surface area contributed by atoms with Crippen molar-refractivity contribution in [2.75, 3.05) is 18.5 Å². The van der Waals surface area contributed by atoms with Crippen LogP contribution in [0.4, 0.5) is 5.82 Å². The Morgan fingerprint density at radius 1 is 1.30 bits per heavy atom. The molecule has 0 unspecified atom stereocenters. The van der Waals surface area contributed by atoms with Gasteiger partial charge in [0.05, 0.1) is 5.52 Å². The first kappa shape index (κ1) is 13.4. The lowest BCUT2D eigenvalue weighted by Gasteiger charge is -2.26. The predicted octanol–water partition coefficient (Wildman–Crippen LogP) is 3.33. The van der Waals surface area contributed by atoms with Gasteiger partial charge in [0.1, 0.15) is 5.82 Å². The van der Waals surface area contributed by atoms with E-state index in [9.17, 15) is 0 Å².